The van der Waals surface area contributed by atoms with Gasteiger partial charge in [-0.25, -0.2) is 0 Å². The van der Waals surface area contributed by atoms with E-state index in [1.807, 2.05) is 12.3 Å². The molecule has 2 heteroatoms. The fraction of sp³-hybridized carbons (Fsp3) is 0.615. The lowest BCUT2D eigenvalue weighted by atomic mass is 10.0. The van der Waals surface area contributed by atoms with Crippen LogP contribution in [0.15, 0.2) is 24.4 Å². The third kappa shape index (κ3) is 2.78. The molecule has 0 saturated heterocycles. The molecule has 1 unspecified atom stereocenters. The highest BCUT2D eigenvalue weighted by atomic mass is 31.1. The number of rotatable bonds is 3. The summed E-state index contributed by atoms with van der Waals surface area (Å²) in [4.78, 5) is 4.55. The van der Waals surface area contributed by atoms with Crippen LogP contribution in [0.2, 0.25) is 0 Å². The molecule has 0 spiro atoms. The number of nitrogens with zero attached hydrogens (tertiary/aromatic N) is 1. The molecule has 1 fully saturated rings. The molecular formula is C13H20NP. The molecule has 15 heavy (non-hydrogen) atoms. The van der Waals surface area contributed by atoms with Gasteiger partial charge in [-0.05, 0) is 36.8 Å². The molecule has 0 aromatic carbocycles. The van der Waals surface area contributed by atoms with Crippen LogP contribution in [-0.4, -0.2) is 16.8 Å². The van der Waals surface area contributed by atoms with Crippen molar-refractivity contribution in [2.24, 2.45) is 0 Å². The summed E-state index contributed by atoms with van der Waals surface area (Å²) in [5.41, 5.74) is 2.33. The second kappa shape index (κ2) is 5.61. The van der Waals surface area contributed by atoms with E-state index in [4.69, 9.17) is 0 Å². The van der Waals surface area contributed by atoms with Crippen LogP contribution in [0.5, 0.6) is 0 Å². The fourth-order valence-corrected chi connectivity index (χ4v) is 5.22. The Morgan fingerprint density at radius 3 is 2.67 bits per heavy atom. The molecule has 1 atom stereocenters. The van der Waals surface area contributed by atoms with Gasteiger partial charge < -0.3 is 0 Å². The zero-order chi connectivity index (χ0) is 10.5. The minimum atomic E-state index is 0.0172. The molecule has 1 aromatic heterocycles. The fourth-order valence-electron chi connectivity index (χ4n) is 2.52. The highest BCUT2D eigenvalue weighted by Gasteiger charge is 2.23. The van der Waals surface area contributed by atoms with Gasteiger partial charge >= 0.3 is 0 Å². The number of pyridine rings is 1. The third-order valence-corrected chi connectivity index (χ3v) is 6.23. The Labute approximate surface area is 94.1 Å². The number of aromatic nitrogens is 1. The Bertz CT molecular complexity index is 280. The number of hydrogen-bond acceptors (Lipinski definition) is 1. The van der Waals surface area contributed by atoms with Gasteiger partial charge in [0.1, 0.15) is 0 Å². The maximum atomic E-state index is 4.55. The summed E-state index contributed by atoms with van der Waals surface area (Å²) in [6, 6.07) is 6.38. The van der Waals surface area contributed by atoms with Crippen LogP contribution in [0.4, 0.5) is 0 Å². The van der Waals surface area contributed by atoms with E-state index in [9.17, 15) is 0 Å². The lowest BCUT2D eigenvalue weighted by molar-refractivity contribution is 0.511. The van der Waals surface area contributed by atoms with Crippen molar-refractivity contribution in [1.82, 2.24) is 4.98 Å². The highest BCUT2D eigenvalue weighted by Crippen LogP contribution is 2.45. The summed E-state index contributed by atoms with van der Waals surface area (Å²) in [6.07, 6.45) is 10.5. The van der Waals surface area contributed by atoms with Crippen LogP contribution in [0.3, 0.4) is 0 Å². The molecule has 0 bridgehead atoms. The van der Waals surface area contributed by atoms with Crippen LogP contribution >= 0.6 is 7.92 Å². The summed E-state index contributed by atoms with van der Waals surface area (Å²) < 4.78 is 0. The molecule has 82 valence electrons. The van der Waals surface area contributed by atoms with Gasteiger partial charge in [0.15, 0.2) is 0 Å². The predicted molar refractivity (Wildman–Crippen MR) is 68.2 cm³/mol. The molecule has 1 aromatic rings. The van der Waals surface area contributed by atoms with Crippen LogP contribution in [0, 0.1) is 0 Å². The van der Waals surface area contributed by atoms with Crippen molar-refractivity contribution >= 4 is 13.4 Å². The van der Waals surface area contributed by atoms with Crippen LogP contribution in [0.25, 0.3) is 0 Å². The van der Waals surface area contributed by atoms with Gasteiger partial charge in [-0.1, -0.05) is 40.2 Å². The Kier molecular flexibility index (Phi) is 4.14. The van der Waals surface area contributed by atoms with Gasteiger partial charge in [-0.15, -0.1) is 0 Å². The molecule has 0 aliphatic heterocycles. The van der Waals surface area contributed by atoms with Crippen molar-refractivity contribution in [3.63, 3.8) is 0 Å². The standard InChI is InChI=1S/C13H20NP/c1-2-15(12-8-4-3-5-9-12)13-10-6-7-11-14-13/h6-7,10-12H,2-5,8-9H2,1H3. The minimum absolute atomic E-state index is 0.0172. The average molecular weight is 221 g/mol. The van der Waals surface area contributed by atoms with Crippen molar-refractivity contribution in [3.8, 4) is 0 Å². The SMILES string of the molecule is CCP(c1ccccn1)C1CCCCC1. The first-order chi connectivity index (χ1) is 7.42. The van der Waals surface area contributed by atoms with Crippen LogP contribution < -0.4 is 5.44 Å². The summed E-state index contributed by atoms with van der Waals surface area (Å²) in [7, 11) is 0.0172. The lowest BCUT2D eigenvalue weighted by Gasteiger charge is -2.29. The van der Waals surface area contributed by atoms with Crippen molar-refractivity contribution in [1.29, 1.82) is 0 Å². The summed E-state index contributed by atoms with van der Waals surface area (Å²) in [5, 5.41) is 0. The maximum Gasteiger partial charge on any atom is 0.0633 e. The zero-order valence-corrected chi connectivity index (χ0v) is 10.4. The summed E-state index contributed by atoms with van der Waals surface area (Å²) in [6.45, 7) is 2.33. The van der Waals surface area contributed by atoms with Gasteiger partial charge in [0, 0.05) is 6.20 Å². The summed E-state index contributed by atoms with van der Waals surface area (Å²) in [5.74, 6) is 0. The quantitative estimate of drug-likeness (QED) is 0.711. The van der Waals surface area contributed by atoms with E-state index in [1.165, 1.54) is 43.7 Å². The predicted octanol–water partition coefficient (Wildman–Crippen LogP) is 3.54. The van der Waals surface area contributed by atoms with Gasteiger partial charge in [0.05, 0.1) is 5.44 Å². The molecule has 1 nitrogen and oxygen atoms in total. The lowest BCUT2D eigenvalue weighted by Crippen LogP contribution is -2.19. The Balaban J connectivity index is 2.09. The Hall–Kier alpha value is -0.420. The first kappa shape index (κ1) is 11.1. The third-order valence-electron chi connectivity index (χ3n) is 3.30. The molecule has 1 heterocycles. The summed E-state index contributed by atoms with van der Waals surface area (Å²) >= 11 is 0. The first-order valence-corrected chi connectivity index (χ1v) is 7.69. The second-order valence-corrected chi connectivity index (χ2v) is 7.03. The number of hydrogen-bond donors (Lipinski definition) is 0. The molecule has 1 aliphatic rings. The Morgan fingerprint density at radius 2 is 2.07 bits per heavy atom. The minimum Gasteiger partial charge on any atom is -0.257 e. The molecule has 2 rings (SSSR count). The van der Waals surface area contributed by atoms with E-state index in [2.05, 4.69) is 24.0 Å². The van der Waals surface area contributed by atoms with Gasteiger partial charge in [0.2, 0.25) is 0 Å². The van der Waals surface area contributed by atoms with Gasteiger partial charge in [-0.3, -0.25) is 4.98 Å². The zero-order valence-electron chi connectivity index (χ0n) is 9.52. The van der Waals surface area contributed by atoms with Crippen LogP contribution in [-0.2, 0) is 0 Å². The Morgan fingerprint density at radius 1 is 1.27 bits per heavy atom. The van der Waals surface area contributed by atoms with E-state index in [1.54, 1.807) is 0 Å². The van der Waals surface area contributed by atoms with Crippen LogP contribution in [0.1, 0.15) is 39.0 Å². The molecule has 1 saturated carbocycles. The van der Waals surface area contributed by atoms with Crippen molar-refractivity contribution in [2.75, 3.05) is 6.16 Å². The molecular weight excluding hydrogens is 201 g/mol. The van der Waals surface area contributed by atoms with Crippen molar-refractivity contribution < 1.29 is 0 Å². The van der Waals surface area contributed by atoms with E-state index >= 15 is 0 Å². The van der Waals surface area contributed by atoms with Crippen molar-refractivity contribution in [3.05, 3.63) is 24.4 Å². The normalized spacial score (nSPS) is 20.1. The molecule has 1 aliphatic carbocycles. The van der Waals surface area contributed by atoms with Gasteiger partial charge in [0.25, 0.3) is 0 Å². The molecule has 0 radical (unpaired) electrons. The van der Waals surface area contributed by atoms with Gasteiger partial charge in [-0.2, -0.15) is 0 Å². The van der Waals surface area contributed by atoms with Crippen molar-refractivity contribution in [2.45, 2.75) is 44.7 Å². The monoisotopic (exact) mass is 221 g/mol. The first-order valence-electron chi connectivity index (χ1n) is 6.09. The highest BCUT2D eigenvalue weighted by molar-refractivity contribution is 7.66. The largest absolute Gasteiger partial charge is 0.257 e. The smallest absolute Gasteiger partial charge is 0.0633 e. The van der Waals surface area contributed by atoms with E-state index < -0.39 is 0 Å². The second-order valence-electron chi connectivity index (χ2n) is 4.27. The van der Waals surface area contributed by atoms with E-state index in [0.717, 1.165) is 5.66 Å². The average Bonchev–Trinajstić information content (AvgIpc) is 2.33. The maximum absolute atomic E-state index is 4.55. The molecule has 0 amide bonds. The van der Waals surface area contributed by atoms with E-state index in [0.29, 0.717) is 0 Å². The molecule has 0 N–H and O–H groups in total. The topological polar surface area (TPSA) is 12.9 Å². The van der Waals surface area contributed by atoms with E-state index in [-0.39, 0.29) is 7.92 Å².